The SMILES string of the molecule is CC(C)CCOCCN(C)CCBr. The molecule has 0 unspecified atom stereocenters. The molecule has 0 atom stereocenters. The first-order valence-corrected chi connectivity index (χ1v) is 6.11. The molecule has 0 aromatic heterocycles. The third kappa shape index (κ3) is 10.3. The van der Waals surface area contributed by atoms with Crippen LogP contribution in [0.2, 0.25) is 0 Å². The van der Waals surface area contributed by atoms with E-state index in [-0.39, 0.29) is 0 Å². The molecule has 0 N–H and O–H groups in total. The number of rotatable bonds is 8. The van der Waals surface area contributed by atoms with Gasteiger partial charge in [0.1, 0.15) is 0 Å². The maximum absolute atomic E-state index is 5.50. The van der Waals surface area contributed by atoms with Crippen molar-refractivity contribution in [2.24, 2.45) is 5.92 Å². The smallest absolute Gasteiger partial charge is 0.0593 e. The second-order valence-electron chi connectivity index (χ2n) is 3.79. The van der Waals surface area contributed by atoms with Crippen LogP contribution in [0.25, 0.3) is 0 Å². The first kappa shape index (κ1) is 13.4. The summed E-state index contributed by atoms with van der Waals surface area (Å²) < 4.78 is 5.50. The highest BCUT2D eigenvalue weighted by molar-refractivity contribution is 9.09. The zero-order valence-electron chi connectivity index (χ0n) is 9.05. The van der Waals surface area contributed by atoms with E-state index in [1.54, 1.807) is 0 Å². The van der Waals surface area contributed by atoms with E-state index in [9.17, 15) is 0 Å². The van der Waals surface area contributed by atoms with Gasteiger partial charge >= 0.3 is 0 Å². The van der Waals surface area contributed by atoms with Crippen LogP contribution in [0.3, 0.4) is 0 Å². The molecule has 0 aromatic rings. The van der Waals surface area contributed by atoms with Gasteiger partial charge in [-0.05, 0) is 19.4 Å². The Bertz CT molecular complexity index is 109. The average Bonchev–Trinajstić information content (AvgIpc) is 2.03. The van der Waals surface area contributed by atoms with Gasteiger partial charge in [0.05, 0.1) is 6.61 Å². The molecule has 0 rings (SSSR count). The quantitative estimate of drug-likeness (QED) is 0.485. The molecule has 0 spiro atoms. The zero-order valence-corrected chi connectivity index (χ0v) is 10.6. The van der Waals surface area contributed by atoms with Crippen LogP contribution in [0.15, 0.2) is 0 Å². The molecule has 0 radical (unpaired) electrons. The number of ether oxygens (including phenoxy) is 1. The summed E-state index contributed by atoms with van der Waals surface area (Å²) in [6.07, 6.45) is 1.17. The molecule has 0 saturated heterocycles. The normalized spacial score (nSPS) is 11.5. The van der Waals surface area contributed by atoms with Gasteiger partial charge < -0.3 is 9.64 Å². The van der Waals surface area contributed by atoms with Gasteiger partial charge in [0, 0.05) is 25.0 Å². The van der Waals surface area contributed by atoms with Crippen LogP contribution in [0, 0.1) is 5.92 Å². The van der Waals surface area contributed by atoms with Crippen LogP contribution in [0.1, 0.15) is 20.3 Å². The van der Waals surface area contributed by atoms with Gasteiger partial charge in [-0.15, -0.1) is 0 Å². The Labute approximate surface area is 90.8 Å². The predicted octanol–water partition coefficient (Wildman–Crippen LogP) is 2.38. The zero-order chi connectivity index (χ0) is 10.1. The van der Waals surface area contributed by atoms with Crippen molar-refractivity contribution in [3.8, 4) is 0 Å². The second-order valence-corrected chi connectivity index (χ2v) is 4.58. The predicted molar refractivity (Wildman–Crippen MR) is 61.6 cm³/mol. The van der Waals surface area contributed by atoms with E-state index in [0.717, 1.165) is 37.6 Å². The van der Waals surface area contributed by atoms with Crippen LogP contribution < -0.4 is 0 Å². The molecule has 0 amide bonds. The van der Waals surface area contributed by atoms with Crippen LogP contribution in [-0.4, -0.2) is 43.6 Å². The van der Waals surface area contributed by atoms with Crippen molar-refractivity contribution < 1.29 is 4.74 Å². The Kier molecular flexibility index (Phi) is 9.25. The Morgan fingerprint density at radius 3 is 2.46 bits per heavy atom. The minimum atomic E-state index is 0.750. The van der Waals surface area contributed by atoms with E-state index in [4.69, 9.17) is 4.74 Å². The lowest BCUT2D eigenvalue weighted by Crippen LogP contribution is -2.25. The van der Waals surface area contributed by atoms with E-state index in [1.165, 1.54) is 6.42 Å². The highest BCUT2D eigenvalue weighted by Gasteiger charge is 1.97. The maximum atomic E-state index is 5.50. The first-order valence-electron chi connectivity index (χ1n) is 4.99. The maximum Gasteiger partial charge on any atom is 0.0593 e. The number of hydrogen-bond donors (Lipinski definition) is 0. The van der Waals surface area contributed by atoms with E-state index in [0.29, 0.717) is 0 Å². The first-order chi connectivity index (χ1) is 6.16. The van der Waals surface area contributed by atoms with Crippen LogP contribution in [-0.2, 0) is 4.74 Å². The van der Waals surface area contributed by atoms with Gasteiger partial charge in [-0.3, -0.25) is 0 Å². The van der Waals surface area contributed by atoms with Crippen molar-refractivity contribution in [3.05, 3.63) is 0 Å². The van der Waals surface area contributed by atoms with Crippen molar-refractivity contribution in [3.63, 3.8) is 0 Å². The summed E-state index contributed by atoms with van der Waals surface area (Å²) >= 11 is 3.41. The highest BCUT2D eigenvalue weighted by atomic mass is 79.9. The molecular weight excluding hydrogens is 230 g/mol. The van der Waals surface area contributed by atoms with E-state index in [2.05, 4.69) is 41.7 Å². The number of likely N-dealkylation sites (N-methyl/N-ethyl adjacent to an activating group) is 1. The summed E-state index contributed by atoms with van der Waals surface area (Å²) in [5.74, 6) is 0.750. The highest BCUT2D eigenvalue weighted by Crippen LogP contribution is 1.98. The van der Waals surface area contributed by atoms with Crippen molar-refractivity contribution >= 4 is 15.9 Å². The van der Waals surface area contributed by atoms with Crippen LogP contribution in [0.5, 0.6) is 0 Å². The fourth-order valence-corrected chi connectivity index (χ4v) is 1.50. The fourth-order valence-electron chi connectivity index (χ4n) is 0.898. The summed E-state index contributed by atoms with van der Waals surface area (Å²) in [6, 6.07) is 0. The third-order valence-electron chi connectivity index (χ3n) is 1.92. The molecule has 0 aromatic carbocycles. The summed E-state index contributed by atoms with van der Waals surface area (Å²) in [5, 5.41) is 1.04. The monoisotopic (exact) mass is 251 g/mol. The molecule has 3 heteroatoms. The molecule has 0 bridgehead atoms. The van der Waals surface area contributed by atoms with Gasteiger partial charge in [-0.1, -0.05) is 29.8 Å². The number of nitrogens with zero attached hydrogens (tertiary/aromatic N) is 1. The minimum absolute atomic E-state index is 0.750. The summed E-state index contributed by atoms with van der Waals surface area (Å²) in [5.41, 5.74) is 0. The fraction of sp³-hybridized carbons (Fsp3) is 1.00. The Morgan fingerprint density at radius 2 is 1.92 bits per heavy atom. The molecular formula is C10H22BrNO. The average molecular weight is 252 g/mol. The van der Waals surface area contributed by atoms with E-state index >= 15 is 0 Å². The van der Waals surface area contributed by atoms with Gasteiger partial charge in [0.15, 0.2) is 0 Å². The topological polar surface area (TPSA) is 12.5 Å². The molecule has 0 heterocycles. The van der Waals surface area contributed by atoms with Gasteiger partial charge in [0.2, 0.25) is 0 Å². The standard InChI is InChI=1S/C10H22BrNO/c1-10(2)4-8-13-9-7-12(3)6-5-11/h10H,4-9H2,1-3H3. The second kappa shape index (κ2) is 8.97. The molecule has 0 aliphatic carbocycles. The molecule has 80 valence electrons. The molecule has 13 heavy (non-hydrogen) atoms. The van der Waals surface area contributed by atoms with Crippen LogP contribution in [0.4, 0.5) is 0 Å². The number of alkyl halides is 1. The Balaban J connectivity index is 3.06. The van der Waals surface area contributed by atoms with E-state index in [1.807, 2.05) is 0 Å². The Hall–Kier alpha value is 0.400. The molecule has 2 nitrogen and oxygen atoms in total. The van der Waals surface area contributed by atoms with Crippen molar-refractivity contribution in [2.75, 3.05) is 38.7 Å². The molecule has 0 aliphatic heterocycles. The lowest BCUT2D eigenvalue weighted by atomic mass is 10.1. The Morgan fingerprint density at radius 1 is 1.23 bits per heavy atom. The van der Waals surface area contributed by atoms with Crippen molar-refractivity contribution in [1.82, 2.24) is 4.90 Å². The van der Waals surface area contributed by atoms with E-state index < -0.39 is 0 Å². The molecule has 0 saturated carbocycles. The van der Waals surface area contributed by atoms with Crippen molar-refractivity contribution in [2.45, 2.75) is 20.3 Å². The van der Waals surface area contributed by atoms with Gasteiger partial charge in [0.25, 0.3) is 0 Å². The molecule has 0 fully saturated rings. The lowest BCUT2D eigenvalue weighted by Gasteiger charge is -2.14. The van der Waals surface area contributed by atoms with Crippen LogP contribution >= 0.6 is 15.9 Å². The number of halogens is 1. The summed E-state index contributed by atoms with van der Waals surface area (Å²) in [7, 11) is 2.12. The third-order valence-corrected chi connectivity index (χ3v) is 2.28. The molecule has 0 aliphatic rings. The van der Waals surface area contributed by atoms with Gasteiger partial charge in [-0.25, -0.2) is 0 Å². The summed E-state index contributed by atoms with van der Waals surface area (Å²) in [6.45, 7) is 8.33. The van der Waals surface area contributed by atoms with Crippen molar-refractivity contribution in [1.29, 1.82) is 0 Å². The van der Waals surface area contributed by atoms with Gasteiger partial charge in [-0.2, -0.15) is 0 Å². The lowest BCUT2D eigenvalue weighted by molar-refractivity contribution is 0.105. The minimum Gasteiger partial charge on any atom is -0.380 e. The summed E-state index contributed by atoms with van der Waals surface area (Å²) in [4.78, 5) is 2.27. The largest absolute Gasteiger partial charge is 0.380 e. The number of hydrogen-bond acceptors (Lipinski definition) is 2.